The summed E-state index contributed by atoms with van der Waals surface area (Å²) >= 11 is 3.52. The number of hydrogen-bond donors (Lipinski definition) is 2. The van der Waals surface area contributed by atoms with Gasteiger partial charge in [-0.2, -0.15) is 0 Å². The number of carbonyl (C=O) groups excluding carboxylic acids is 1. The van der Waals surface area contributed by atoms with Crippen molar-refractivity contribution in [1.82, 2.24) is 5.32 Å². The second-order valence-electron chi connectivity index (χ2n) is 10.4. The number of halogens is 1. The second kappa shape index (κ2) is 14.9. The zero-order valence-electron chi connectivity index (χ0n) is 24.5. The van der Waals surface area contributed by atoms with Gasteiger partial charge in [0.05, 0.1) is 13.7 Å². The van der Waals surface area contributed by atoms with Crippen LogP contribution in [0.3, 0.4) is 0 Å². The van der Waals surface area contributed by atoms with E-state index in [1.54, 1.807) is 7.11 Å². The molecule has 0 aliphatic carbocycles. The van der Waals surface area contributed by atoms with E-state index in [1.807, 2.05) is 115 Å². The van der Waals surface area contributed by atoms with Gasteiger partial charge in [0, 0.05) is 41.6 Å². The SMILES string of the molecule is COc1ccccc1CNC(=O)[C@]1(C/C=C/c2ccccc2)N=C(c2ccc(OCCCO)cc2)O[C@@H]1c1ccc(Br)cc1. The fraction of sp³-hybridized carbons (Fsp3) is 0.222. The first kappa shape index (κ1) is 31.0. The van der Waals surface area contributed by atoms with Gasteiger partial charge in [0.15, 0.2) is 11.6 Å². The molecule has 0 spiro atoms. The summed E-state index contributed by atoms with van der Waals surface area (Å²) in [5.74, 6) is 1.49. The molecule has 0 unspecified atom stereocenters. The van der Waals surface area contributed by atoms with Gasteiger partial charge in [-0.15, -0.1) is 0 Å². The van der Waals surface area contributed by atoms with E-state index >= 15 is 0 Å². The zero-order chi connectivity index (χ0) is 30.8. The van der Waals surface area contributed by atoms with Crippen molar-refractivity contribution in [2.45, 2.75) is 31.0 Å². The molecule has 1 aliphatic heterocycles. The Morgan fingerprint density at radius 1 is 1.00 bits per heavy atom. The summed E-state index contributed by atoms with van der Waals surface area (Å²) in [5.41, 5.74) is 2.15. The fourth-order valence-electron chi connectivity index (χ4n) is 5.07. The summed E-state index contributed by atoms with van der Waals surface area (Å²) in [5, 5.41) is 12.2. The first-order valence-corrected chi connectivity index (χ1v) is 15.3. The van der Waals surface area contributed by atoms with E-state index in [9.17, 15) is 4.79 Å². The van der Waals surface area contributed by atoms with Crippen LogP contribution in [-0.2, 0) is 16.1 Å². The first-order valence-electron chi connectivity index (χ1n) is 14.5. The van der Waals surface area contributed by atoms with Crippen molar-refractivity contribution in [3.63, 3.8) is 0 Å². The molecule has 1 aliphatic rings. The smallest absolute Gasteiger partial charge is 0.252 e. The lowest BCUT2D eigenvalue weighted by Gasteiger charge is -2.30. The average molecular weight is 656 g/mol. The Morgan fingerprint density at radius 2 is 1.73 bits per heavy atom. The van der Waals surface area contributed by atoms with Crippen LogP contribution in [0.15, 0.2) is 119 Å². The maximum absolute atomic E-state index is 14.4. The Hall–Kier alpha value is -4.40. The fourth-order valence-corrected chi connectivity index (χ4v) is 5.33. The first-order chi connectivity index (χ1) is 21.5. The summed E-state index contributed by atoms with van der Waals surface area (Å²) in [6.07, 6.45) is 4.14. The molecule has 0 saturated heterocycles. The molecule has 0 fully saturated rings. The maximum Gasteiger partial charge on any atom is 0.252 e. The highest BCUT2D eigenvalue weighted by Crippen LogP contribution is 2.43. The number of aliphatic hydroxyl groups is 1. The predicted molar refractivity (Wildman–Crippen MR) is 176 cm³/mol. The van der Waals surface area contributed by atoms with E-state index in [2.05, 4.69) is 21.2 Å². The van der Waals surface area contributed by atoms with Crippen molar-refractivity contribution in [3.8, 4) is 11.5 Å². The normalized spacial score (nSPS) is 17.6. The van der Waals surface area contributed by atoms with Crippen LogP contribution < -0.4 is 14.8 Å². The van der Waals surface area contributed by atoms with Crippen molar-refractivity contribution in [1.29, 1.82) is 0 Å². The van der Waals surface area contributed by atoms with Gasteiger partial charge in [-0.1, -0.05) is 88.7 Å². The number of hydrogen-bond acceptors (Lipinski definition) is 6. The summed E-state index contributed by atoms with van der Waals surface area (Å²) < 4.78 is 18.7. The topological polar surface area (TPSA) is 89.4 Å². The zero-order valence-corrected chi connectivity index (χ0v) is 26.1. The number of rotatable bonds is 13. The minimum Gasteiger partial charge on any atom is -0.496 e. The molecule has 8 heteroatoms. The third kappa shape index (κ3) is 7.38. The lowest BCUT2D eigenvalue weighted by Crippen LogP contribution is -2.47. The van der Waals surface area contributed by atoms with Gasteiger partial charge in [0.2, 0.25) is 5.90 Å². The molecule has 226 valence electrons. The number of aliphatic hydroxyl groups excluding tert-OH is 1. The molecular weight excluding hydrogens is 620 g/mol. The number of benzene rings is 4. The molecule has 2 atom stereocenters. The standard InChI is InChI=1S/C36H35BrN2O5/c1-42-32-13-6-5-12-29(32)25-38-35(41)36(22-7-11-26-9-3-2-4-10-26)33(27-14-18-30(37)19-15-27)44-34(39-36)28-16-20-31(21-17-28)43-24-8-23-40/h2-7,9-21,33,40H,8,22-25H2,1H3,(H,38,41)/b11-7+/t33-,36-/m1/s1. The Labute approximate surface area is 266 Å². The van der Waals surface area contributed by atoms with Crippen LogP contribution in [0.5, 0.6) is 11.5 Å². The monoisotopic (exact) mass is 654 g/mol. The number of amides is 1. The lowest BCUT2D eigenvalue weighted by molar-refractivity contribution is -0.129. The van der Waals surface area contributed by atoms with E-state index in [-0.39, 0.29) is 19.1 Å². The van der Waals surface area contributed by atoms with Crippen LogP contribution in [0.4, 0.5) is 0 Å². The van der Waals surface area contributed by atoms with E-state index in [1.165, 1.54) is 0 Å². The quantitative estimate of drug-likeness (QED) is 0.153. The number of methoxy groups -OCH3 is 1. The molecule has 5 rings (SSSR count). The molecule has 2 N–H and O–H groups in total. The lowest BCUT2D eigenvalue weighted by atomic mass is 9.84. The number of para-hydroxylation sites is 1. The van der Waals surface area contributed by atoms with Gasteiger partial charge < -0.3 is 24.6 Å². The Balaban J connectivity index is 1.53. The van der Waals surface area contributed by atoms with E-state index in [0.29, 0.717) is 36.8 Å². The largest absolute Gasteiger partial charge is 0.496 e. The van der Waals surface area contributed by atoms with Gasteiger partial charge in [-0.05, 0) is 53.6 Å². The minimum atomic E-state index is -1.30. The summed E-state index contributed by atoms with van der Waals surface area (Å²) in [4.78, 5) is 19.5. The van der Waals surface area contributed by atoms with Crippen molar-refractivity contribution in [2.75, 3.05) is 20.3 Å². The number of ether oxygens (including phenoxy) is 3. The molecule has 1 amide bonds. The van der Waals surface area contributed by atoms with Gasteiger partial charge >= 0.3 is 0 Å². The third-order valence-corrected chi connectivity index (χ3v) is 7.90. The summed E-state index contributed by atoms with van der Waals surface area (Å²) in [6.45, 7) is 0.757. The Morgan fingerprint density at radius 3 is 2.45 bits per heavy atom. The van der Waals surface area contributed by atoms with Crippen LogP contribution in [0.1, 0.15) is 41.2 Å². The van der Waals surface area contributed by atoms with Gasteiger partial charge in [0.1, 0.15) is 11.5 Å². The van der Waals surface area contributed by atoms with Crippen LogP contribution in [-0.4, -0.2) is 42.8 Å². The number of carbonyl (C=O) groups is 1. The number of nitrogens with zero attached hydrogens (tertiary/aromatic N) is 1. The van der Waals surface area contributed by atoms with E-state index in [4.69, 9.17) is 24.3 Å². The van der Waals surface area contributed by atoms with E-state index in [0.717, 1.165) is 26.7 Å². The molecule has 0 saturated carbocycles. The van der Waals surface area contributed by atoms with E-state index < -0.39 is 11.6 Å². The maximum atomic E-state index is 14.4. The molecule has 0 radical (unpaired) electrons. The highest BCUT2D eigenvalue weighted by atomic mass is 79.9. The average Bonchev–Trinajstić information content (AvgIpc) is 3.45. The minimum absolute atomic E-state index is 0.0695. The van der Waals surface area contributed by atoms with Gasteiger partial charge in [0.25, 0.3) is 5.91 Å². The van der Waals surface area contributed by atoms with Crippen molar-refractivity contribution >= 4 is 33.8 Å². The van der Waals surface area contributed by atoms with Crippen LogP contribution >= 0.6 is 15.9 Å². The predicted octanol–water partition coefficient (Wildman–Crippen LogP) is 6.90. The van der Waals surface area contributed by atoms with Crippen molar-refractivity contribution in [2.24, 2.45) is 4.99 Å². The number of aliphatic imine (C=N–C) groups is 1. The molecule has 0 bridgehead atoms. The summed E-state index contributed by atoms with van der Waals surface area (Å²) in [7, 11) is 1.62. The van der Waals surface area contributed by atoms with Gasteiger partial charge in [-0.25, -0.2) is 4.99 Å². The van der Waals surface area contributed by atoms with Crippen molar-refractivity contribution in [3.05, 3.63) is 136 Å². The molecule has 1 heterocycles. The second-order valence-corrected chi connectivity index (χ2v) is 11.3. The molecular formula is C36H35BrN2O5. The molecule has 7 nitrogen and oxygen atoms in total. The molecule has 4 aromatic carbocycles. The van der Waals surface area contributed by atoms with Gasteiger partial charge in [-0.3, -0.25) is 4.79 Å². The van der Waals surface area contributed by atoms with Crippen LogP contribution in [0, 0.1) is 0 Å². The highest BCUT2D eigenvalue weighted by molar-refractivity contribution is 9.10. The summed E-state index contributed by atoms with van der Waals surface area (Å²) in [6, 6.07) is 32.8. The Kier molecular flexibility index (Phi) is 10.5. The molecule has 44 heavy (non-hydrogen) atoms. The number of nitrogens with one attached hydrogen (secondary N) is 1. The molecule has 4 aromatic rings. The highest BCUT2D eigenvalue weighted by Gasteiger charge is 2.52. The molecule has 0 aromatic heterocycles. The Bertz CT molecular complexity index is 1590. The van der Waals surface area contributed by atoms with Crippen LogP contribution in [0.2, 0.25) is 0 Å². The van der Waals surface area contributed by atoms with Crippen LogP contribution in [0.25, 0.3) is 6.08 Å². The van der Waals surface area contributed by atoms with Crippen molar-refractivity contribution < 1.29 is 24.1 Å². The third-order valence-electron chi connectivity index (χ3n) is 7.37.